The molecule has 10 unspecified atom stereocenters. The first-order valence-corrected chi connectivity index (χ1v) is 11.3. The minimum absolute atomic E-state index is 0.00154. The van der Waals surface area contributed by atoms with Crippen molar-refractivity contribution in [3.63, 3.8) is 0 Å². The Bertz CT molecular complexity index is 793. The van der Waals surface area contributed by atoms with Crippen molar-refractivity contribution < 1.29 is 33.5 Å². The van der Waals surface area contributed by atoms with Crippen LogP contribution in [0, 0.1) is 58.2 Å². The van der Waals surface area contributed by atoms with Crippen molar-refractivity contribution >= 4 is 24.1 Å². The molecule has 0 aliphatic heterocycles. The summed E-state index contributed by atoms with van der Waals surface area (Å²) in [4.78, 5) is 58.7. The number of hydrogen-bond donors (Lipinski definition) is 0. The van der Waals surface area contributed by atoms with Crippen LogP contribution in [0.4, 0.5) is 0 Å². The molecule has 5 rings (SSSR count). The molecule has 7 heteroatoms. The standard InChI is InChI=1S/C22H32O3.2CO2/c1-11-12(2)16-7-14(11)9-21(16)5-6-22(20(21)24)10-15-8-17(22)13(3)18(15)19(23)25-4;2*2-1-3/h11-18H,5-10H2,1-4H3;;. The van der Waals surface area contributed by atoms with Gasteiger partial charge in [-0.15, -0.1) is 0 Å². The highest BCUT2D eigenvalue weighted by atomic mass is 16.5. The number of fused-ring (bicyclic) bond motifs is 6. The van der Waals surface area contributed by atoms with Crippen LogP contribution >= 0.6 is 0 Å². The lowest BCUT2D eigenvalue weighted by Gasteiger charge is -2.44. The SMILES string of the molecule is COC(=O)C1C2CC(C1C)C1(CCC3(CC4CC3C(C)C4C)C1=O)C2.O=C=O.O=C=O. The van der Waals surface area contributed by atoms with Gasteiger partial charge in [0.2, 0.25) is 0 Å². The zero-order valence-corrected chi connectivity index (χ0v) is 18.7. The van der Waals surface area contributed by atoms with E-state index in [9.17, 15) is 9.59 Å². The number of ketones is 1. The van der Waals surface area contributed by atoms with E-state index in [4.69, 9.17) is 23.9 Å². The number of ether oxygens (including phenoxy) is 1. The van der Waals surface area contributed by atoms with E-state index in [1.54, 1.807) is 0 Å². The Hall–Kier alpha value is -2.10. The molecule has 0 aromatic heterocycles. The van der Waals surface area contributed by atoms with Gasteiger partial charge in [-0.1, -0.05) is 20.8 Å². The van der Waals surface area contributed by atoms with Gasteiger partial charge < -0.3 is 4.74 Å². The van der Waals surface area contributed by atoms with Gasteiger partial charge in [0.15, 0.2) is 0 Å². The molecule has 0 saturated heterocycles. The molecule has 4 bridgehead atoms. The van der Waals surface area contributed by atoms with E-state index in [1.165, 1.54) is 13.5 Å². The first-order chi connectivity index (χ1) is 14.7. The Labute approximate surface area is 182 Å². The maximum atomic E-state index is 14.0. The summed E-state index contributed by atoms with van der Waals surface area (Å²) >= 11 is 0. The van der Waals surface area contributed by atoms with E-state index >= 15 is 0 Å². The molecule has 0 aromatic rings. The summed E-state index contributed by atoms with van der Waals surface area (Å²) in [7, 11) is 1.50. The van der Waals surface area contributed by atoms with Gasteiger partial charge in [-0.25, -0.2) is 0 Å². The quantitative estimate of drug-likeness (QED) is 0.586. The predicted octanol–water partition coefficient (Wildman–Crippen LogP) is 2.93. The van der Waals surface area contributed by atoms with Crippen LogP contribution in [0.5, 0.6) is 0 Å². The third-order valence-corrected chi connectivity index (χ3v) is 10.1. The summed E-state index contributed by atoms with van der Waals surface area (Å²) < 4.78 is 5.07. The van der Waals surface area contributed by atoms with Crippen molar-refractivity contribution in [2.45, 2.75) is 59.3 Å². The summed E-state index contributed by atoms with van der Waals surface area (Å²) in [5.74, 6) is 4.62. The molecule has 170 valence electrons. The average Bonchev–Trinajstić information content (AvgIpc) is 3.50. The van der Waals surface area contributed by atoms with Crippen LogP contribution in [-0.2, 0) is 33.5 Å². The first kappa shape index (κ1) is 23.6. The van der Waals surface area contributed by atoms with E-state index in [1.807, 2.05) is 0 Å². The Balaban J connectivity index is 0.000000411. The van der Waals surface area contributed by atoms with Crippen molar-refractivity contribution in [2.24, 2.45) is 58.2 Å². The molecule has 7 nitrogen and oxygen atoms in total. The number of carbonyl (C=O) groups is 2. The second-order valence-corrected chi connectivity index (χ2v) is 10.5. The van der Waals surface area contributed by atoms with E-state index in [-0.39, 0.29) is 35.0 Å². The molecule has 0 amide bonds. The fourth-order valence-corrected chi connectivity index (χ4v) is 8.90. The molecule has 0 heterocycles. The van der Waals surface area contributed by atoms with Crippen molar-refractivity contribution in [3.05, 3.63) is 0 Å². The van der Waals surface area contributed by atoms with Crippen LogP contribution in [0.15, 0.2) is 0 Å². The highest BCUT2D eigenvalue weighted by molar-refractivity contribution is 5.94. The Morgan fingerprint density at radius 2 is 1.29 bits per heavy atom. The van der Waals surface area contributed by atoms with Crippen molar-refractivity contribution in [2.75, 3.05) is 7.11 Å². The van der Waals surface area contributed by atoms with Crippen LogP contribution in [0.2, 0.25) is 0 Å². The number of carbonyl (C=O) groups excluding carboxylic acids is 6. The van der Waals surface area contributed by atoms with Crippen LogP contribution < -0.4 is 0 Å². The monoisotopic (exact) mass is 432 g/mol. The van der Waals surface area contributed by atoms with Gasteiger partial charge in [0.25, 0.3) is 0 Å². The second kappa shape index (κ2) is 8.44. The maximum Gasteiger partial charge on any atom is 0.373 e. The van der Waals surface area contributed by atoms with Gasteiger partial charge in [0, 0.05) is 10.8 Å². The van der Waals surface area contributed by atoms with E-state index in [0.29, 0.717) is 35.4 Å². The normalized spacial score (nSPS) is 47.9. The van der Waals surface area contributed by atoms with Gasteiger partial charge in [-0.3, -0.25) is 9.59 Å². The van der Waals surface area contributed by atoms with Crippen molar-refractivity contribution in [3.8, 4) is 0 Å². The molecule has 0 radical (unpaired) electrons. The minimum Gasteiger partial charge on any atom is -0.469 e. The third-order valence-electron chi connectivity index (χ3n) is 10.1. The number of rotatable bonds is 1. The topological polar surface area (TPSA) is 112 Å². The van der Waals surface area contributed by atoms with Crippen LogP contribution in [0.1, 0.15) is 59.3 Å². The van der Waals surface area contributed by atoms with E-state index < -0.39 is 0 Å². The average molecular weight is 433 g/mol. The summed E-state index contributed by atoms with van der Waals surface area (Å²) in [6, 6.07) is 0. The van der Waals surface area contributed by atoms with Crippen molar-refractivity contribution in [1.82, 2.24) is 0 Å². The zero-order valence-electron chi connectivity index (χ0n) is 18.7. The van der Waals surface area contributed by atoms with Crippen LogP contribution in [0.25, 0.3) is 0 Å². The number of esters is 1. The summed E-state index contributed by atoms with van der Waals surface area (Å²) in [5.41, 5.74) is -0.0937. The molecule has 2 spiro atoms. The van der Waals surface area contributed by atoms with Gasteiger partial charge in [-0.05, 0) is 80.0 Å². The minimum atomic E-state index is -0.0952. The lowest BCUT2D eigenvalue weighted by Crippen LogP contribution is -2.47. The van der Waals surface area contributed by atoms with Gasteiger partial charge in [0.05, 0.1) is 13.0 Å². The fourth-order valence-electron chi connectivity index (χ4n) is 8.90. The van der Waals surface area contributed by atoms with Gasteiger partial charge in [-0.2, -0.15) is 19.2 Å². The zero-order chi connectivity index (χ0) is 23.1. The highest BCUT2D eigenvalue weighted by Crippen LogP contribution is 2.74. The van der Waals surface area contributed by atoms with E-state index in [0.717, 1.165) is 43.9 Å². The molecule has 10 atom stereocenters. The smallest absolute Gasteiger partial charge is 0.373 e. The molecular weight excluding hydrogens is 400 g/mol. The maximum absolute atomic E-state index is 14.0. The van der Waals surface area contributed by atoms with Crippen LogP contribution in [-0.4, -0.2) is 31.2 Å². The summed E-state index contributed by atoms with van der Waals surface area (Å²) in [6.07, 6.45) is 7.21. The molecule has 5 aliphatic carbocycles. The predicted molar refractivity (Wildman–Crippen MR) is 105 cm³/mol. The van der Waals surface area contributed by atoms with E-state index in [2.05, 4.69) is 20.8 Å². The highest BCUT2D eigenvalue weighted by Gasteiger charge is 2.73. The molecule has 0 aromatic carbocycles. The van der Waals surface area contributed by atoms with Gasteiger partial charge >= 0.3 is 18.3 Å². The molecule has 5 saturated carbocycles. The lowest BCUT2D eigenvalue weighted by molar-refractivity contribution is -0.193. The molecule has 0 N–H and O–H groups in total. The first-order valence-electron chi connectivity index (χ1n) is 11.3. The number of methoxy groups -OCH3 is 1. The molecular formula is C24H32O7. The molecule has 31 heavy (non-hydrogen) atoms. The number of hydrogen-bond acceptors (Lipinski definition) is 7. The largest absolute Gasteiger partial charge is 0.469 e. The van der Waals surface area contributed by atoms with Crippen molar-refractivity contribution in [1.29, 1.82) is 0 Å². The second-order valence-electron chi connectivity index (χ2n) is 10.5. The third kappa shape index (κ3) is 3.16. The lowest BCUT2D eigenvalue weighted by atomic mass is 9.59. The summed E-state index contributed by atoms with van der Waals surface area (Å²) in [6.45, 7) is 7.00. The molecule has 5 fully saturated rings. The fraction of sp³-hybridized carbons (Fsp3) is 0.833. The van der Waals surface area contributed by atoms with Crippen LogP contribution in [0.3, 0.4) is 0 Å². The summed E-state index contributed by atoms with van der Waals surface area (Å²) in [5, 5.41) is 0. The van der Waals surface area contributed by atoms with Gasteiger partial charge in [0.1, 0.15) is 5.78 Å². The Kier molecular flexibility index (Phi) is 6.42. The Morgan fingerprint density at radius 1 is 0.839 bits per heavy atom. The Morgan fingerprint density at radius 3 is 1.71 bits per heavy atom. The molecule has 5 aliphatic rings. The number of Topliss-reactive ketones (excluding diaryl/α,β-unsaturated/α-hetero) is 1.